The van der Waals surface area contributed by atoms with Crippen LogP contribution in [-0.4, -0.2) is 14.5 Å². The van der Waals surface area contributed by atoms with Gasteiger partial charge >= 0.3 is 0 Å². The van der Waals surface area contributed by atoms with E-state index in [1.807, 2.05) is 12.1 Å². The highest BCUT2D eigenvalue weighted by Crippen LogP contribution is 2.35. The molecule has 0 amide bonds. The van der Waals surface area contributed by atoms with Crippen molar-refractivity contribution in [3.63, 3.8) is 0 Å². The maximum Gasteiger partial charge on any atom is 0.161 e. The van der Waals surface area contributed by atoms with Gasteiger partial charge in [0.25, 0.3) is 0 Å². The Bertz CT molecular complexity index is 2630. The molecule has 9 rings (SSSR count). The van der Waals surface area contributed by atoms with E-state index in [-0.39, 0.29) is 0 Å². The molecule has 216 valence electrons. The predicted molar refractivity (Wildman–Crippen MR) is 195 cm³/mol. The Hall–Kier alpha value is -5.84. The highest BCUT2D eigenvalue weighted by molar-refractivity contribution is 7.23. The molecular weight excluding hydrogens is 579 g/mol. The molecule has 46 heavy (non-hydrogen) atoms. The van der Waals surface area contributed by atoms with Crippen LogP contribution in [0.5, 0.6) is 0 Å². The number of para-hydroxylation sites is 3. The number of aromatic nitrogens is 3. The first kappa shape index (κ1) is 26.6. The van der Waals surface area contributed by atoms with Gasteiger partial charge in [-0.15, -0.1) is 11.3 Å². The van der Waals surface area contributed by atoms with Crippen LogP contribution in [0.4, 0.5) is 0 Å². The van der Waals surface area contributed by atoms with Gasteiger partial charge in [0.2, 0.25) is 0 Å². The second kappa shape index (κ2) is 11.0. The fourth-order valence-corrected chi connectivity index (χ4v) is 7.46. The minimum atomic E-state index is 0.716. The summed E-state index contributed by atoms with van der Waals surface area (Å²) in [6.45, 7) is 0. The molecule has 7 aromatic carbocycles. The molecule has 0 atom stereocenters. The molecule has 0 saturated heterocycles. The van der Waals surface area contributed by atoms with E-state index in [2.05, 4.69) is 156 Å². The van der Waals surface area contributed by atoms with E-state index in [1.54, 1.807) is 11.3 Å². The van der Waals surface area contributed by atoms with Gasteiger partial charge in [-0.1, -0.05) is 103 Å². The molecule has 0 aliphatic carbocycles. The van der Waals surface area contributed by atoms with E-state index in [4.69, 9.17) is 9.97 Å². The average molecular weight is 606 g/mol. The quantitative estimate of drug-likeness (QED) is 0.201. The van der Waals surface area contributed by atoms with Crippen LogP contribution in [0, 0.1) is 0 Å². The lowest BCUT2D eigenvalue weighted by molar-refractivity contribution is 1.16. The Balaban J connectivity index is 1.44. The van der Waals surface area contributed by atoms with Crippen molar-refractivity contribution in [2.45, 2.75) is 0 Å². The summed E-state index contributed by atoms with van der Waals surface area (Å²) in [6.07, 6.45) is 0. The minimum Gasteiger partial charge on any atom is -0.310 e. The lowest BCUT2D eigenvalue weighted by Gasteiger charge is -2.14. The second-order valence-electron chi connectivity index (χ2n) is 11.5. The van der Waals surface area contributed by atoms with Gasteiger partial charge in [0.1, 0.15) is 0 Å². The Kier molecular flexibility index (Phi) is 6.32. The molecule has 3 nitrogen and oxygen atoms in total. The van der Waals surface area contributed by atoms with Crippen molar-refractivity contribution < 1.29 is 0 Å². The third kappa shape index (κ3) is 4.59. The van der Waals surface area contributed by atoms with E-state index in [0.717, 1.165) is 49.1 Å². The van der Waals surface area contributed by atoms with Crippen LogP contribution in [0.15, 0.2) is 164 Å². The molecule has 0 unspecified atom stereocenters. The van der Waals surface area contributed by atoms with Gasteiger partial charge in [-0.2, -0.15) is 0 Å². The van der Waals surface area contributed by atoms with E-state index in [0.29, 0.717) is 5.82 Å². The molecule has 0 N–H and O–H groups in total. The van der Waals surface area contributed by atoms with Crippen LogP contribution >= 0.6 is 11.3 Å². The van der Waals surface area contributed by atoms with E-state index < -0.39 is 0 Å². The van der Waals surface area contributed by atoms with Crippen LogP contribution in [0.2, 0.25) is 0 Å². The van der Waals surface area contributed by atoms with Gasteiger partial charge in [-0.25, -0.2) is 9.97 Å². The molecule has 9 aromatic rings. The second-order valence-corrected chi connectivity index (χ2v) is 12.6. The van der Waals surface area contributed by atoms with Crippen molar-refractivity contribution in [1.29, 1.82) is 0 Å². The summed E-state index contributed by atoms with van der Waals surface area (Å²) >= 11 is 1.76. The van der Waals surface area contributed by atoms with Crippen molar-refractivity contribution in [2.75, 3.05) is 0 Å². The van der Waals surface area contributed by atoms with Gasteiger partial charge in [0.15, 0.2) is 5.82 Å². The fraction of sp³-hybridized carbons (Fsp3) is 0. The summed E-state index contributed by atoms with van der Waals surface area (Å²) in [7, 11) is 0. The minimum absolute atomic E-state index is 0.716. The first-order valence-electron chi connectivity index (χ1n) is 15.4. The summed E-state index contributed by atoms with van der Waals surface area (Å²) in [4.78, 5) is 10.4. The lowest BCUT2D eigenvalue weighted by atomic mass is 10.1. The Morgan fingerprint density at radius 2 is 1.22 bits per heavy atom. The third-order valence-electron chi connectivity index (χ3n) is 8.62. The third-order valence-corrected chi connectivity index (χ3v) is 9.67. The SMILES string of the molecule is c1ccc(-c2nc(-c3ccc4cc3sc3ccc5ccc(cc5c3)c3ccccc3n4-c3ccccc3)nc3ccccc23)cc1. The molecule has 2 aromatic heterocycles. The highest BCUT2D eigenvalue weighted by atomic mass is 32.1. The van der Waals surface area contributed by atoms with Crippen LogP contribution < -0.4 is 0 Å². The molecule has 0 saturated carbocycles. The Morgan fingerprint density at radius 1 is 0.500 bits per heavy atom. The van der Waals surface area contributed by atoms with Crippen molar-refractivity contribution in [3.05, 3.63) is 164 Å². The fourth-order valence-electron chi connectivity index (χ4n) is 6.43. The van der Waals surface area contributed by atoms with Crippen molar-refractivity contribution >= 4 is 64.2 Å². The van der Waals surface area contributed by atoms with Crippen molar-refractivity contribution in [1.82, 2.24) is 14.5 Å². The molecule has 0 aliphatic rings. The van der Waals surface area contributed by atoms with Crippen LogP contribution in [0.3, 0.4) is 0 Å². The zero-order valence-electron chi connectivity index (χ0n) is 24.8. The van der Waals surface area contributed by atoms with Gasteiger partial charge in [-0.3, -0.25) is 0 Å². The lowest BCUT2D eigenvalue weighted by Crippen LogP contribution is -1.98. The number of rotatable bonds is 3. The van der Waals surface area contributed by atoms with Crippen LogP contribution in [0.1, 0.15) is 0 Å². The van der Waals surface area contributed by atoms with E-state index >= 15 is 0 Å². The molecule has 0 radical (unpaired) electrons. The number of fused-ring (bicyclic) bond motifs is 7. The number of hydrogen-bond acceptors (Lipinski definition) is 3. The standard InChI is InChI=1S/C42H27N3S/c1-3-11-29(12-4-1)41-36-16-7-9-17-38(36)43-42(44-41)37-24-22-33-27-40(37)46-34-23-21-28-19-20-30(25-31(28)26-34)35-15-8-10-18-39(35)45(33)32-13-5-2-6-14-32/h1-27H. The maximum atomic E-state index is 5.25. The Morgan fingerprint density at radius 3 is 2.09 bits per heavy atom. The first-order valence-corrected chi connectivity index (χ1v) is 16.2. The smallest absolute Gasteiger partial charge is 0.161 e. The van der Waals surface area contributed by atoms with Gasteiger partial charge < -0.3 is 4.57 Å². The molecule has 2 heterocycles. The largest absolute Gasteiger partial charge is 0.310 e. The van der Waals surface area contributed by atoms with E-state index in [1.165, 1.54) is 26.2 Å². The Labute approximate surface area is 270 Å². The summed E-state index contributed by atoms with van der Waals surface area (Å²) in [5.74, 6) is 0.716. The number of benzene rings is 7. The molecule has 0 aliphatic heterocycles. The van der Waals surface area contributed by atoms with Gasteiger partial charge in [-0.05, 0) is 76.8 Å². The van der Waals surface area contributed by atoms with Gasteiger partial charge in [0.05, 0.1) is 16.7 Å². The number of nitrogens with zero attached hydrogens (tertiary/aromatic N) is 3. The van der Waals surface area contributed by atoms with Crippen LogP contribution in [0.25, 0.3) is 81.2 Å². The van der Waals surface area contributed by atoms with Crippen molar-refractivity contribution in [2.24, 2.45) is 0 Å². The molecule has 0 spiro atoms. The zero-order chi connectivity index (χ0) is 30.5. The first-order chi connectivity index (χ1) is 22.8. The zero-order valence-corrected chi connectivity index (χ0v) is 25.7. The summed E-state index contributed by atoms with van der Waals surface area (Å²) < 4.78 is 4.63. The van der Waals surface area contributed by atoms with Crippen molar-refractivity contribution in [3.8, 4) is 28.3 Å². The number of hydrogen-bond donors (Lipinski definition) is 0. The van der Waals surface area contributed by atoms with Gasteiger partial charge in [0, 0.05) is 42.5 Å². The summed E-state index contributed by atoms with van der Waals surface area (Å²) in [6, 6.07) is 58.2. The summed E-state index contributed by atoms with van der Waals surface area (Å²) in [5, 5.41) is 5.86. The summed E-state index contributed by atoms with van der Waals surface area (Å²) in [5.41, 5.74) is 7.25. The molecule has 5 bridgehead atoms. The highest BCUT2D eigenvalue weighted by Gasteiger charge is 2.14. The maximum absolute atomic E-state index is 5.25. The predicted octanol–water partition coefficient (Wildman–Crippen LogP) is 11.6. The molecular formula is C42H27N3S. The molecule has 4 heteroatoms. The molecule has 0 fully saturated rings. The monoisotopic (exact) mass is 605 g/mol. The van der Waals surface area contributed by atoms with E-state index in [9.17, 15) is 0 Å². The topological polar surface area (TPSA) is 30.7 Å². The normalized spacial score (nSPS) is 11.5. The van der Waals surface area contributed by atoms with Crippen LogP contribution in [-0.2, 0) is 0 Å². The average Bonchev–Trinajstić information content (AvgIpc) is 3.12.